The van der Waals surface area contributed by atoms with Crippen molar-refractivity contribution >= 4 is 17.9 Å². The van der Waals surface area contributed by atoms with E-state index in [2.05, 4.69) is 45.1 Å². The fourth-order valence-electron chi connectivity index (χ4n) is 8.44. The van der Waals surface area contributed by atoms with Gasteiger partial charge in [0.15, 0.2) is 6.10 Å². The number of ether oxygens (including phenoxy) is 3. The van der Waals surface area contributed by atoms with Gasteiger partial charge >= 0.3 is 17.9 Å². The summed E-state index contributed by atoms with van der Waals surface area (Å²) in [6.07, 6.45) is 61.6. The minimum Gasteiger partial charge on any atom is -0.462 e. The van der Waals surface area contributed by atoms with Crippen LogP contribution in [0.3, 0.4) is 0 Å². The fourth-order valence-corrected chi connectivity index (χ4v) is 8.44. The maximum absolute atomic E-state index is 12.8. The number of hydrogen-bond acceptors (Lipinski definition) is 6. The van der Waals surface area contributed by atoms with E-state index in [-0.39, 0.29) is 31.1 Å². The lowest BCUT2D eigenvalue weighted by Gasteiger charge is -2.18. The maximum Gasteiger partial charge on any atom is 0.306 e. The molecule has 1 atom stereocenters. The first kappa shape index (κ1) is 61.9. The van der Waals surface area contributed by atoms with E-state index in [1.165, 1.54) is 212 Å². The van der Waals surface area contributed by atoms with Crippen molar-refractivity contribution in [3.05, 3.63) is 24.3 Å². The topological polar surface area (TPSA) is 78.9 Å². The van der Waals surface area contributed by atoms with Crippen LogP contribution < -0.4 is 0 Å². The summed E-state index contributed by atoms with van der Waals surface area (Å²) in [5.74, 6) is -0.851. The molecule has 0 amide bonds. The van der Waals surface area contributed by atoms with Crippen LogP contribution >= 0.6 is 0 Å². The Morgan fingerprint density at radius 3 is 0.859 bits per heavy atom. The van der Waals surface area contributed by atoms with Crippen LogP contribution in [0.2, 0.25) is 0 Å². The van der Waals surface area contributed by atoms with E-state index < -0.39 is 6.10 Å². The molecule has 0 aromatic rings. The Labute approximate surface area is 398 Å². The highest BCUT2D eigenvalue weighted by molar-refractivity contribution is 5.71. The normalized spacial score (nSPS) is 12.1. The summed E-state index contributed by atoms with van der Waals surface area (Å²) in [7, 11) is 0. The second-order valence-electron chi connectivity index (χ2n) is 19.2. The molecular weight excluding hydrogens is 793 g/mol. The van der Waals surface area contributed by atoms with Gasteiger partial charge in [-0.1, -0.05) is 270 Å². The van der Waals surface area contributed by atoms with Gasteiger partial charge in [-0.2, -0.15) is 0 Å². The number of carbonyl (C=O) groups is 3. The highest BCUT2D eigenvalue weighted by Gasteiger charge is 2.19. The number of unbranched alkanes of at least 4 members (excludes halogenated alkanes) is 38. The van der Waals surface area contributed by atoms with Gasteiger partial charge in [0.25, 0.3) is 0 Å². The highest BCUT2D eigenvalue weighted by atomic mass is 16.6. The lowest BCUT2D eigenvalue weighted by atomic mass is 10.0. The Bertz CT molecular complexity index is 1040. The molecule has 0 fully saturated rings. The molecule has 0 aliphatic heterocycles. The molecule has 0 saturated carbocycles. The van der Waals surface area contributed by atoms with Crippen LogP contribution in [0.15, 0.2) is 24.3 Å². The van der Waals surface area contributed by atoms with Crippen LogP contribution in [-0.2, 0) is 28.6 Å². The zero-order valence-electron chi connectivity index (χ0n) is 43.1. The van der Waals surface area contributed by atoms with Gasteiger partial charge in [-0.3, -0.25) is 14.4 Å². The molecule has 0 aromatic carbocycles. The van der Waals surface area contributed by atoms with Crippen molar-refractivity contribution in [1.29, 1.82) is 0 Å². The lowest BCUT2D eigenvalue weighted by molar-refractivity contribution is -0.167. The van der Waals surface area contributed by atoms with Crippen LogP contribution in [0, 0.1) is 0 Å². The first-order valence-corrected chi connectivity index (χ1v) is 28.4. The van der Waals surface area contributed by atoms with Crippen molar-refractivity contribution in [3.63, 3.8) is 0 Å². The molecule has 0 rings (SSSR count). The molecule has 0 radical (unpaired) electrons. The fraction of sp³-hybridized carbons (Fsp3) is 0.879. The van der Waals surface area contributed by atoms with Crippen molar-refractivity contribution < 1.29 is 28.6 Å². The van der Waals surface area contributed by atoms with Gasteiger partial charge in [-0.15, -0.1) is 0 Å². The first-order valence-electron chi connectivity index (χ1n) is 28.4. The minimum absolute atomic E-state index is 0.0667. The van der Waals surface area contributed by atoms with Crippen LogP contribution in [0.25, 0.3) is 0 Å². The van der Waals surface area contributed by atoms with E-state index in [9.17, 15) is 14.4 Å². The summed E-state index contributed by atoms with van der Waals surface area (Å²) < 4.78 is 16.9. The van der Waals surface area contributed by atoms with Gasteiger partial charge in [0, 0.05) is 19.3 Å². The van der Waals surface area contributed by atoms with Gasteiger partial charge in [0.05, 0.1) is 0 Å². The molecule has 0 spiro atoms. The van der Waals surface area contributed by atoms with Gasteiger partial charge in [0.2, 0.25) is 0 Å². The van der Waals surface area contributed by atoms with Gasteiger partial charge in [-0.05, 0) is 44.9 Å². The molecule has 0 bridgehead atoms. The molecule has 376 valence electrons. The summed E-state index contributed by atoms with van der Waals surface area (Å²) >= 11 is 0. The number of allylic oxidation sites excluding steroid dienone is 4. The van der Waals surface area contributed by atoms with E-state index in [4.69, 9.17) is 14.2 Å². The van der Waals surface area contributed by atoms with Crippen molar-refractivity contribution in [2.24, 2.45) is 0 Å². The number of esters is 3. The summed E-state index contributed by atoms with van der Waals surface area (Å²) in [6.45, 7) is 6.65. The van der Waals surface area contributed by atoms with Crippen molar-refractivity contribution in [1.82, 2.24) is 0 Å². The second kappa shape index (κ2) is 53.5. The Hall–Kier alpha value is -2.11. The minimum atomic E-state index is -0.766. The molecule has 0 heterocycles. The van der Waals surface area contributed by atoms with Crippen molar-refractivity contribution in [2.45, 2.75) is 316 Å². The average molecular weight is 901 g/mol. The van der Waals surface area contributed by atoms with E-state index in [0.717, 1.165) is 57.8 Å². The molecule has 64 heavy (non-hydrogen) atoms. The maximum atomic E-state index is 12.8. The molecule has 0 aromatic heterocycles. The average Bonchev–Trinajstić information content (AvgIpc) is 3.29. The molecule has 6 heteroatoms. The number of rotatable bonds is 52. The van der Waals surface area contributed by atoms with Crippen LogP contribution in [0.5, 0.6) is 0 Å². The Kier molecular flexibility index (Phi) is 51.7. The van der Waals surface area contributed by atoms with Gasteiger partial charge in [-0.25, -0.2) is 0 Å². The predicted octanol–water partition coefficient (Wildman–Crippen LogP) is 18.7. The van der Waals surface area contributed by atoms with Crippen LogP contribution in [0.4, 0.5) is 0 Å². The summed E-state index contributed by atoms with van der Waals surface area (Å²) in [6, 6.07) is 0. The Balaban J connectivity index is 4.28. The molecule has 0 aliphatic carbocycles. The van der Waals surface area contributed by atoms with Crippen molar-refractivity contribution in [2.75, 3.05) is 13.2 Å². The third kappa shape index (κ3) is 50.9. The Morgan fingerprint density at radius 2 is 0.547 bits per heavy atom. The first-order chi connectivity index (χ1) is 31.5. The van der Waals surface area contributed by atoms with E-state index >= 15 is 0 Å². The van der Waals surface area contributed by atoms with E-state index in [0.29, 0.717) is 19.3 Å². The summed E-state index contributed by atoms with van der Waals surface area (Å²) in [4.78, 5) is 38.1. The number of carbonyl (C=O) groups excluding carboxylic acids is 3. The monoisotopic (exact) mass is 901 g/mol. The molecule has 0 saturated heterocycles. The second-order valence-corrected chi connectivity index (χ2v) is 19.2. The summed E-state index contributed by atoms with van der Waals surface area (Å²) in [5, 5.41) is 0. The molecular formula is C58H108O6. The molecule has 0 aliphatic rings. The molecule has 1 unspecified atom stereocenters. The smallest absolute Gasteiger partial charge is 0.306 e. The zero-order chi connectivity index (χ0) is 46.5. The van der Waals surface area contributed by atoms with Gasteiger partial charge in [0.1, 0.15) is 13.2 Å². The van der Waals surface area contributed by atoms with Crippen molar-refractivity contribution in [3.8, 4) is 0 Å². The zero-order valence-corrected chi connectivity index (χ0v) is 43.1. The molecule has 6 nitrogen and oxygen atoms in total. The third-order valence-electron chi connectivity index (χ3n) is 12.7. The largest absolute Gasteiger partial charge is 0.462 e. The van der Waals surface area contributed by atoms with Crippen LogP contribution in [0.1, 0.15) is 310 Å². The van der Waals surface area contributed by atoms with Gasteiger partial charge < -0.3 is 14.2 Å². The SMILES string of the molecule is CCCCC/C=C\C=C/CCCCCCCCCCCCC(=O)OCC(COC(=O)CCCCCCCCCCCCC)OC(=O)CCCCCCCCCCCCCCCCCC. The standard InChI is InChI=1S/C58H108O6/c1-4-7-10-13-16-19-22-24-26-28-29-30-32-33-36-39-42-45-48-51-57(60)63-54-55(53-62-56(59)50-47-44-41-38-35-21-18-15-12-9-6-3)64-58(61)52-49-46-43-40-37-34-31-27-25-23-20-17-14-11-8-5-2/h16,19,22,24,55H,4-15,17-18,20-21,23,25-54H2,1-3H3/b19-16-,24-22-. The van der Waals surface area contributed by atoms with E-state index in [1.54, 1.807) is 0 Å². The molecule has 0 N–H and O–H groups in total. The van der Waals surface area contributed by atoms with Crippen LogP contribution in [-0.4, -0.2) is 37.2 Å². The predicted molar refractivity (Wildman–Crippen MR) is 275 cm³/mol. The Morgan fingerprint density at radius 1 is 0.312 bits per heavy atom. The third-order valence-corrected chi connectivity index (χ3v) is 12.7. The number of hydrogen-bond donors (Lipinski definition) is 0. The quantitative estimate of drug-likeness (QED) is 0.0262. The van der Waals surface area contributed by atoms with E-state index in [1.807, 2.05) is 0 Å². The lowest BCUT2D eigenvalue weighted by Crippen LogP contribution is -2.30. The summed E-state index contributed by atoms with van der Waals surface area (Å²) in [5.41, 5.74) is 0. The highest BCUT2D eigenvalue weighted by Crippen LogP contribution is 2.17.